The molecule has 0 radical (unpaired) electrons. The van der Waals surface area contributed by atoms with E-state index in [2.05, 4.69) is 9.97 Å². The van der Waals surface area contributed by atoms with Crippen LogP contribution >= 0.6 is 22.9 Å². The van der Waals surface area contributed by atoms with Crippen molar-refractivity contribution in [2.75, 3.05) is 0 Å². The second-order valence-electron chi connectivity index (χ2n) is 2.36. The number of halogens is 1. The lowest BCUT2D eigenvalue weighted by molar-refractivity contribution is 1.15. The first kappa shape index (κ1) is 8.47. The molecule has 5 heteroatoms. The number of nitrogens with one attached hydrogen (secondary N) is 1. The summed E-state index contributed by atoms with van der Waals surface area (Å²) < 4.78 is 0. The molecule has 0 amide bonds. The molecule has 0 saturated heterocycles. The first-order valence-electron chi connectivity index (χ1n) is 3.56. The van der Waals surface area contributed by atoms with E-state index in [0.717, 1.165) is 0 Å². The molecule has 0 aliphatic heterocycles. The molecule has 0 unspecified atom stereocenters. The van der Waals surface area contributed by atoms with Gasteiger partial charge in [-0.15, -0.1) is 11.3 Å². The number of H-pyrrole nitrogens is 1. The summed E-state index contributed by atoms with van der Waals surface area (Å²) in [6.07, 6.45) is 3.03. The minimum atomic E-state index is -0.216. The Balaban J connectivity index is 2.66. The second-order valence-corrected chi connectivity index (χ2v) is 3.69. The van der Waals surface area contributed by atoms with Crippen LogP contribution < -0.4 is 5.56 Å². The summed E-state index contributed by atoms with van der Waals surface area (Å²) in [4.78, 5) is 18.5. The van der Waals surface area contributed by atoms with Crippen LogP contribution in [0.1, 0.15) is 0 Å². The third kappa shape index (κ3) is 1.50. The second kappa shape index (κ2) is 3.32. The van der Waals surface area contributed by atoms with Crippen molar-refractivity contribution in [1.82, 2.24) is 9.97 Å². The molecule has 2 aromatic rings. The van der Waals surface area contributed by atoms with Crippen molar-refractivity contribution in [3.8, 4) is 10.6 Å². The zero-order valence-electron chi connectivity index (χ0n) is 6.45. The van der Waals surface area contributed by atoms with E-state index in [0.29, 0.717) is 15.6 Å². The molecule has 0 bridgehead atoms. The molecule has 0 spiro atoms. The van der Waals surface area contributed by atoms with Crippen molar-refractivity contribution in [3.63, 3.8) is 0 Å². The molecule has 2 rings (SSSR count). The normalized spacial score (nSPS) is 10.2. The van der Waals surface area contributed by atoms with Crippen LogP contribution in [0.5, 0.6) is 0 Å². The lowest BCUT2D eigenvalue weighted by atomic mass is 10.3. The van der Waals surface area contributed by atoms with Gasteiger partial charge in [-0.1, -0.05) is 11.6 Å². The van der Waals surface area contributed by atoms with Crippen LogP contribution in [0.4, 0.5) is 0 Å². The largest absolute Gasteiger partial charge is 0.326 e. The number of hydrogen-bond donors (Lipinski definition) is 1. The standard InChI is InChI=1S/C8H5ClN2OS/c9-5-1-4-13-7(5)6-8(12)11-3-2-10-6/h1-4H,(H,11,12). The van der Waals surface area contributed by atoms with Crippen LogP contribution in [-0.2, 0) is 0 Å². The lowest BCUT2D eigenvalue weighted by Gasteiger charge is -1.94. The van der Waals surface area contributed by atoms with Crippen molar-refractivity contribution in [2.24, 2.45) is 0 Å². The molecule has 0 saturated carbocycles. The maximum Gasteiger partial charge on any atom is 0.275 e. The Morgan fingerprint density at radius 1 is 1.54 bits per heavy atom. The minimum Gasteiger partial charge on any atom is -0.326 e. The SMILES string of the molecule is O=c1[nH]ccnc1-c1sccc1Cl. The third-order valence-electron chi connectivity index (χ3n) is 1.54. The Hall–Kier alpha value is -1.13. The zero-order valence-corrected chi connectivity index (χ0v) is 8.02. The number of hydrogen-bond acceptors (Lipinski definition) is 3. The van der Waals surface area contributed by atoms with E-state index in [1.54, 1.807) is 6.07 Å². The van der Waals surface area contributed by atoms with Gasteiger partial charge in [0.25, 0.3) is 5.56 Å². The number of nitrogens with zero attached hydrogens (tertiary/aromatic N) is 1. The van der Waals surface area contributed by atoms with Crippen LogP contribution in [0.3, 0.4) is 0 Å². The molecule has 66 valence electrons. The van der Waals surface area contributed by atoms with Crippen LogP contribution in [-0.4, -0.2) is 9.97 Å². The van der Waals surface area contributed by atoms with Crippen molar-refractivity contribution in [3.05, 3.63) is 39.2 Å². The minimum absolute atomic E-state index is 0.216. The van der Waals surface area contributed by atoms with E-state index < -0.39 is 0 Å². The fourth-order valence-corrected chi connectivity index (χ4v) is 2.11. The molecule has 13 heavy (non-hydrogen) atoms. The highest BCUT2D eigenvalue weighted by molar-refractivity contribution is 7.14. The van der Waals surface area contributed by atoms with Gasteiger partial charge in [0.15, 0.2) is 0 Å². The molecule has 0 atom stereocenters. The monoisotopic (exact) mass is 212 g/mol. The maximum atomic E-state index is 11.3. The highest BCUT2D eigenvalue weighted by atomic mass is 35.5. The predicted octanol–water partition coefficient (Wildman–Crippen LogP) is 2.15. The van der Waals surface area contributed by atoms with E-state index in [9.17, 15) is 4.79 Å². The average molecular weight is 213 g/mol. The lowest BCUT2D eigenvalue weighted by Crippen LogP contribution is -2.08. The summed E-state index contributed by atoms with van der Waals surface area (Å²) in [5.74, 6) is 0. The van der Waals surface area contributed by atoms with Crippen LogP contribution in [0, 0.1) is 0 Å². The molecule has 0 fully saturated rings. The number of rotatable bonds is 1. The average Bonchev–Trinajstić information content (AvgIpc) is 2.52. The Kier molecular flexibility index (Phi) is 2.16. The van der Waals surface area contributed by atoms with Gasteiger partial charge >= 0.3 is 0 Å². The number of thiophene rings is 1. The first-order valence-corrected chi connectivity index (χ1v) is 4.82. The smallest absolute Gasteiger partial charge is 0.275 e. The van der Waals surface area contributed by atoms with Gasteiger partial charge < -0.3 is 4.98 Å². The summed E-state index contributed by atoms with van der Waals surface area (Å²) in [5.41, 5.74) is 0.161. The van der Waals surface area contributed by atoms with Gasteiger partial charge in [-0.05, 0) is 11.4 Å². The predicted molar refractivity (Wildman–Crippen MR) is 53.2 cm³/mol. The third-order valence-corrected chi connectivity index (χ3v) is 2.89. The van der Waals surface area contributed by atoms with E-state index in [1.165, 1.54) is 23.7 Å². The Bertz CT molecular complexity index is 477. The van der Waals surface area contributed by atoms with Crippen LogP contribution in [0.15, 0.2) is 28.6 Å². The van der Waals surface area contributed by atoms with E-state index in [-0.39, 0.29) is 5.56 Å². The quantitative estimate of drug-likeness (QED) is 0.788. The Morgan fingerprint density at radius 2 is 2.38 bits per heavy atom. The fraction of sp³-hybridized carbons (Fsp3) is 0. The molecule has 2 heterocycles. The molecule has 0 aliphatic carbocycles. The van der Waals surface area contributed by atoms with E-state index in [4.69, 9.17) is 11.6 Å². The van der Waals surface area contributed by atoms with Crippen molar-refractivity contribution in [2.45, 2.75) is 0 Å². The van der Waals surface area contributed by atoms with Gasteiger partial charge in [-0.3, -0.25) is 4.79 Å². The summed E-state index contributed by atoms with van der Waals surface area (Å²) in [5, 5.41) is 2.39. The van der Waals surface area contributed by atoms with Gasteiger partial charge in [0, 0.05) is 12.4 Å². The molecular weight excluding hydrogens is 208 g/mol. The van der Waals surface area contributed by atoms with Gasteiger partial charge in [-0.25, -0.2) is 4.98 Å². The molecule has 0 aromatic carbocycles. The van der Waals surface area contributed by atoms with E-state index in [1.807, 2.05) is 5.38 Å². The van der Waals surface area contributed by atoms with Gasteiger partial charge in [0.2, 0.25) is 0 Å². The van der Waals surface area contributed by atoms with Gasteiger partial charge in [-0.2, -0.15) is 0 Å². The topological polar surface area (TPSA) is 45.8 Å². The number of aromatic nitrogens is 2. The summed E-state index contributed by atoms with van der Waals surface area (Å²) in [6, 6.07) is 1.75. The van der Waals surface area contributed by atoms with Crippen LogP contribution in [0.2, 0.25) is 5.02 Å². The Morgan fingerprint density at radius 3 is 3.00 bits per heavy atom. The Labute approximate surface area is 83.0 Å². The van der Waals surface area contributed by atoms with Crippen LogP contribution in [0.25, 0.3) is 10.6 Å². The molecule has 0 aliphatic rings. The van der Waals surface area contributed by atoms with Crippen molar-refractivity contribution >= 4 is 22.9 Å². The molecule has 2 aromatic heterocycles. The van der Waals surface area contributed by atoms with E-state index >= 15 is 0 Å². The van der Waals surface area contributed by atoms with Crippen molar-refractivity contribution in [1.29, 1.82) is 0 Å². The maximum absolute atomic E-state index is 11.3. The van der Waals surface area contributed by atoms with Crippen molar-refractivity contribution < 1.29 is 0 Å². The molecular formula is C8H5ClN2OS. The molecule has 3 nitrogen and oxygen atoms in total. The van der Waals surface area contributed by atoms with Gasteiger partial charge in [0.05, 0.1) is 9.90 Å². The number of aromatic amines is 1. The first-order chi connectivity index (χ1) is 6.29. The summed E-state index contributed by atoms with van der Waals surface area (Å²) in [7, 11) is 0. The highest BCUT2D eigenvalue weighted by Crippen LogP contribution is 2.29. The zero-order chi connectivity index (χ0) is 9.26. The fourth-order valence-electron chi connectivity index (χ4n) is 0.976. The highest BCUT2D eigenvalue weighted by Gasteiger charge is 2.09. The summed E-state index contributed by atoms with van der Waals surface area (Å²) >= 11 is 7.27. The summed E-state index contributed by atoms with van der Waals surface area (Å²) in [6.45, 7) is 0. The van der Waals surface area contributed by atoms with Gasteiger partial charge in [0.1, 0.15) is 5.69 Å². The molecule has 1 N–H and O–H groups in total.